The van der Waals surface area contributed by atoms with Crippen molar-refractivity contribution in [1.82, 2.24) is 4.90 Å². The first-order valence-electron chi connectivity index (χ1n) is 9.89. The SMILES string of the molecule is COc1cc(CN(C(=O)Nc2ccc(Oc3ccccc3)cc2)C2CC2)ccc1O. The molecular formula is C24H24N2O4. The molecule has 0 bridgehead atoms. The van der Waals surface area contributed by atoms with Gasteiger partial charge in [-0.05, 0) is 66.9 Å². The molecule has 3 aromatic carbocycles. The molecule has 2 amide bonds. The van der Waals surface area contributed by atoms with Crippen molar-refractivity contribution >= 4 is 11.7 Å². The Morgan fingerprint density at radius 2 is 1.73 bits per heavy atom. The summed E-state index contributed by atoms with van der Waals surface area (Å²) in [5, 5.41) is 12.7. The molecule has 6 heteroatoms. The third-order valence-corrected chi connectivity index (χ3v) is 4.93. The molecule has 0 aromatic heterocycles. The van der Waals surface area contributed by atoms with Gasteiger partial charge in [0.05, 0.1) is 7.11 Å². The average molecular weight is 404 g/mol. The first kappa shape index (κ1) is 19.6. The van der Waals surface area contributed by atoms with E-state index in [4.69, 9.17) is 9.47 Å². The smallest absolute Gasteiger partial charge is 0.322 e. The Bertz CT molecular complexity index is 1000. The van der Waals surface area contributed by atoms with Crippen molar-refractivity contribution in [1.29, 1.82) is 0 Å². The summed E-state index contributed by atoms with van der Waals surface area (Å²) in [6.45, 7) is 0.447. The average Bonchev–Trinajstić information content (AvgIpc) is 3.60. The Kier molecular flexibility index (Phi) is 5.75. The lowest BCUT2D eigenvalue weighted by molar-refractivity contribution is 0.206. The topological polar surface area (TPSA) is 71.0 Å². The normalized spacial score (nSPS) is 12.8. The summed E-state index contributed by atoms with van der Waals surface area (Å²) in [7, 11) is 1.51. The van der Waals surface area contributed by atoms with Crippen molar-refractivity contribution in [3.8, 4) is 23.0 Å². The van der Waals surface area contributed by atoms with E-state index in [1.165, 1.54) is 7.11 Å². The van der Waals surface area contributed by atoms with Crippen LogP contribution in [0.1, 0.15) is 18.4 Å². The number of rotatable bonds is 7. The van der Waals surface area contributed by atoms with Gasteiger partial charge >= 0.3 is 6.03 Å². The maximum atomic E-state index is 12.9. The highest BCUT2D eigenvalue weighted by Crippen LogP contribution is 2.32. The van der Waals surface area contributed by atoms with Crippen molar-refractivity contribution in [3.63, 3.8) is 0 Å². The number of carbonyl (C=O) groups is 1. The Hall–Kier alpha value is -3.67. The van der Waals surface area contributed by atoms with E-state index < -0.39 is 0 Å². The molecule has 0 radical (unpaired) electrons. The maximum Gasteiger partial charge on any atom is 0.322 e. The largest absolute Gasteiger partial charge is 0.504 e. The second-order valence-corrected chi connectivity index (χ2v) is 7.23. The van der Waals surface area contributed by atoms with Gasteiger partial charge in [-0.25, -0.2) is 4.79 Å². The summed E-state index contributed by atoms with van der Waals surface area (Å²) in [5.74, 6) is 1.95. The van der Waals surface area contributed by atoms with Crippen LogP contribution in [0.3, 0.4) is 0 Å². The van der Waals surface area contributed by atoms with E-state index in [1.807, 2.05) is 59.5 Å². The highest BCUT2D eigenvalue weighted by atomic mass is 16.5. The number of aromatic hydroxyl groups is 1. The molecule has 0 atom stereocenters. The Labute approximate surface area is 175 Å². The van der Waals surface area contributed by atoms with Crippen LogP contribution in [-0.2, 0) is 6.54 Å². The Balaban J connectivity index is 1.41. The van der Waals surface area contributed by atoms with Gasteiger partial charge in [0.15, 0.2) is 11.5 Å². The van der Waals surface area contributed by atoms with Gasteiger partial charge in [-0.15, -0.1) is 0 Å². The van der Waals surface area contributed by atoms with Gasteiger partial charge in [-0.1, -0.05) is 24.3 Å². The van der Waals surface area contributed by atoms with Gasteiger partial charge in [0, 0.05) is 18.3 Å². The fourth-order valence-corrected chi connectivity index (χ4v) is 3.20. The predicted octanol–water partition coefficient (Wildman–Crippen LogP) is 5.39. The van der Waals surface area contributed by atoms with Gasteiger partial charge in [0.2, 0.25) is 0 Å². The maximum absolute atomic E-state index is 12.9. The summed E-state index contributed by atoms with van der Waals surface area (Å²) in [6, 6.07) is 22.1. The van der Waals surface area contributed by atoms with E-state index in [-0.39, 0.29) is 17.8 Å². The van der Waals surface area contributed by atoms with Gasteiger partial charge in [-0.3, -0.25) is 0 Å². The third kappa shape index (κ3) is 4.84. The molecule has 0 unspecified atom stereocenters. The zero-order valence-electron chi connectivity index (χ0n) is 16.7. The van der Waals surface area contributed by atoms with E-state index in [0.29, 0.717) is 23.7 Å². The number of ether oxygens (including phenoxy) is 2. The lowest BCUT2D eigenvalue weighted by Gasteiger charge is -2.23. The first-order valence-corrected chi connectivity index (χ1v) is 9.89. The molecule has 30 heavy (non-hydrogen) atoms. The van der Waals surface area contributed by atoms with Gasteiger partial charge in [0.1, 0.15) is 11.5 Å². The third-order valence-electron chi connectivity index (χ3n) is 4.93. The quantitative estimate of drug-likeness (QED) is 0.554. The van der Waals surface area contributed by atoms with Crippen LogP contribution >= 0.6 is 0 Å². The molecule has 6 nitrogen and oxygen atoms in total. The molecule has 1 saturated carbocycles. The Morgan fingerprint density at radius 1 is 1.03 bits per heavy atom. The molecule has 154 valence electrons. The number of amides is 2. The molecule has 0 heterocycles. The predicted molar refractivity (Wildman–Crippen MR) is 115 cm³/mol. The van der Waals surface area contributed by atoms with Crippen LogP contribution in [0, 0.1) is 0 Å². The van der Waals surface area contributed by atoms with Crippen LogP contribution in [0.25, 0.3) is 0 Å². The van der Waals surface area contributed by atoms with Crippen LogP contribution in [0.15, 0.2) is 72.8 Å². The van der Waals surface area contributed by atoms with E-state index in [1.54, 1.807) is 18.2 Å². The van der Waals surface area contributed by atoms with Gasteiger partial charge in [-0.2, -0.15) is 0 Å². The minimum Gasteiger partial charge on any atom is -0.504 e. The lowest BCUT2D eigenvalue weighted by Crippen LogP contribution is -2.36. The van der Waals surface area contributed by atoms with Crippen LogP contribution in [0.5, 0.6) is 23.0 Å². The van der Waals surface area contributed by atoms with Crippen LogP contribution in [-0.4, -0.2) is 29.2 Å². The monoisotopic (exact) mass is 404 g/mol. The number of methoxy groups -OCH3 is 1. The molecule has 1 fully saturated rings. The minimum atomic E-state index is -0.152. The van der Waals surface area contributed by atoms with Crippen LogP contribution in [0.2, 0.25) is 0 Å². The zero-order chi connectivity index (χ0) is 20.9. The van der Waals surface area contributed by atoms with Crippen molar-refractivity contribution in [2.75, 3.05) is 12.4 Å². The van der Waals surface area contributed by atoms with Crippen LogP contribution in [0.4, 0.5) is 10.5 Å². The molecule has 0 spiro atoms. The van der Waals surface area contributed by atoms with Gasteiger partial charge in [0.25, 0.3) is 0 Å². The second kappa shape index (κ2) is 8.78. The van der Waals surface area contributed by atoms with E-state index in [0.717, 1.165) is 24.2 Å². The molecule has 0 aliphatic heterocycles. The number of carbonyl (C=O) groups excluding carboxylic acids is 1. The zero-order valence-corrected chi connectivity index (χ0v) is 16.7. The van der Waals surface area contributed by atoms with Crippen molar-refractivity contribution in [2.24, 2.45) is 0 Å². The Morgan fingerprint density at radius 3 is 2.40 bits per heavy atom. The van der Waals surface area contributed by atoms with E-state index >= 15 is 0 Å². The van der Waals surface area contributed by atoms with E-state index in [2.05, 4.69) is 5.32 Å². The molecule has 3 aromatic rings. The molecule has 1 aliphatic carbocycles. The molecular weight excluding hydrogens is 380 g/mol. The molecule has 4 rings (SSSR count). The van der Waals surface area contributed by atoms with Crippen molar-refractivity contribution < 1.29 is 19.4 Å². The summed E-state index contributed by atoms with van der Waals surface area (Å²) < 4.78 is 11.0. The second-order valence-electron chi connectivity index (χ2n) is 7.23. The highest BCUT2D eigenvalue weighted by molar-refractivity contribution is 5.89. The first-order chi connectivity index (χ1) is 14.6. The number of urea groups is 1. The number of nitrogens with zero attached hydrogens (tertiary/aromatic N) is 1. The highest BCUT2D eigenvalue weighted by Gasteiger charge is 2.32. The fraction of sp³-hybridized carbons (Fsp3) is 0.208. The summed E-state index contributed by atoms with van der Waals surface area (Å²) in [6.07, 6.45) is 1.99. The number of hydrogen-bond donors (Lipinski definition) is 2. The van der Waals surface area contributed by atoms with Crippen molar-refractivity contribution in [2.45, 2.75) is 25.4 Å². The van der Waals surface area contributed by atoms with Crippen molar-refractivity contribution in [3.05, 3.63) is 78.4 Å². The number of anilines is 1. The number of phenolic OH excluding ortho intramolecular Hbond substituents is 1. The summed E-state index contributed by atoms with van der Waals surface area (Å²) in [4.78, 5) is 14.7. The summed E-state index contributed by atoms with van der Waals surface area (Å²) in [5.41, 5.74) is 1.60. The number of nitrogens with one attached hydrogen (secondary N) is 1. The minimum absolute atomic E-state index is 0.0847. The van der Waals surface area contributed by atoms with Gasteiger partial charge < -0.3 is 24.8 Å². The lowest BCUT2D eigenvalue weighted by atomic mass is 10.2. The summed E-state index contributed by atoms with van der Waals surface area (Å²) >= 11 is 0. The number of hydrogen-bond acceptors (Lipinski definition) is 4. The standard InChI is InChI=1S/C24H24N2O4/c1-29-23-15-17(7-14-22(23)27)16-26(19-10-11-19)24(28)25-18-8-12-21(13-9-18)30-20-5-3-2-4-6-20/h2-9,12-15,19,27H,10-11,16H2,1H3,(H,25,28). The molecule has 1 aliphatic rings. The number of para-hydroxylation sites is 1. The number of benzene rings is 3. The van der Waals surface area contributed by atoms with E-state index in [9.17, 15) is 9.90 Å². The molecule has 2 N–H and O–H groups in total. The molecule has 0 saturated heterocycles. The van der Waals surface area contributed by atoms with Crippen LogP contribution < -0.4 is 14.8 Å². The fourth-order valence-electron chi connectivity index (χ4n) is 3.20. The number of phenols is 1.